The molecule has 1 aromatic carbocycles. The predicted octanol–water partition coefficient (Wildman–Crippen LogP) is 3.18. The Bertz CT molecular complexity index is 661. The third kappa shape index (κ3) is 3.93. The molecule has 7 heteroatoms. The van der Waals surface area contributed by atoms with E-state index < -0.39 is 12.1 Å². The highest BCUT2D eigenvalue weighted by molar-refractivity contribution is 6.33. The van der Waals surface area contributed by atoms with E-state index in [1.165, 1.54) is 12.3 Å². The van der Waals surface area contributed by atoms with Gasteiger partial charge in [0.2, 0.25) is 0 Å². The predicted molar refractivity (Wildman–Crippen MR) is 76.5 cm³/mol. The number of ether oxygens (including phenoxy) is 1. The summed E-state index contributed by atoms with van der Waals surface area (Å²) in [7, 11) is 0. The maximum Gasteiger partial charge on any atom is 0.412 e. The van der Waals surface area contributed by atoms with Crippen molar-refractivity contribution in [2.75, 3.05) is 5.32 Å². The van der Waals surface area contributed by atoms with Crippen molar-refractivity contribution < 1.29 is 19.4 Å². The van der Waals surface area contributed by atoms with Gasteiger partial charge in [0.15, 0.2) is 5.15 Å². The van der Waals surface area contributed by atoms with Gasteiger partial charge in [0.1, 0.15) is 6.61 Å². The lowest BCUT2D eigenvalue weighted by Crippen LogP contribution is -2.16. The SMILES string of the molecule is O=C(Nc1c(C(=O)O)ccnc1Cl)OCc1ccccc1. The smallest absolute Gasteiger partial charge is 0.412 e. The number of benzene rings is 1. The minimum atomic E-state index is -1.22. The van der Waals surface area contributed by atoms with Gasteiger partial charge in [-0.05, 0) is 11.6 Å². The number of hydrogen-bond donors (Lipinski definition) is 2. The number of rotatable bonds is 4. The number of nitrogens with zero attached hydrogens (tertiary/aromatic N) is 1. The average Bonchev–Trinajstić information content (AvgIpc) is 2.48. The number of carboxylic acids is 1. The molecule has 2 aromatic rings. The summed E-state index contributed by atoms with van der Waals surface area (Å²) in [6, 6.07) is 10.3. The molecular formula is C14H11ClN2O4. The van der Waals surface area contributed by atoms with Crippen LogP contribution in [0.15, 0.2) is 42.6 Å². The lowest BCUT2D eigenvalue weighted by atomic mass is 10.2. The molecule has 6 nitrogen and oxygen atoms in total. The van der Waals surface area contributed by atoms with Gasteiger partial charge in [0.05, 0.1) is 11.3 Å². The second-order valence-corrected chi connectivity index (χ2v) is 4.37. The van der Waals surface area contributed by atoms with Gasteiger partial charge < -0.3 is 9.84 Å². The molecule has 0 spiro atoms. The van der Waals surface area contributed by atoms with Crippen LogP contribution in [-0.2, 0) is 11.3 Å². The molecule has 0 saturated heterocycles. The van der Waals surface area contributed by atoms with Crippen LogP contribution >= 0.6 is 11.6 Å². The van der Waals surface area contributed by atoms with Crippen molar-refractivity contribution in [3.8, 4) is 0 Å². The Labute approximate surface area is 125 Å². The molecule has 1 aromatic heterocycles. The van der Waals surface area contributed by atoms with Crippen LogP contribution in [-0.4, -0.2) is 22.2 Å². The summed E-state index contributed by atoms with van der Waals surface area (Å²) in [5, 5.41) is 11.2. The van der Waals surface area contributed by atoms with Crippen LogP contribution < -0.4 is 5.32 Å². The van der Waals surface area contributed by atoms with Crippen LogP contribution in [0.1, 0.15) is 15.9 Å². The molecule has 0 unspecified atom stereocenters. The van der Waals surface area contributed by atoms with Crippen molar-refractivity contribution in [2.45, 2.75) is 6.61 Å². The van der Waals surface area contributed by atoms with E-state index in [0.29, 0.717) is 0 Å². The Morgan fingerprint density at radius 1 is 1.24 bits per heavy atom. The summed E-state index contributed by atoms with van der Waals surface area (Å²) in [5.74, 6) is -1.22. The van der Waals surface area contributed by atoms with Crippen LogP contribution in [0.3, 0.4) is 0 Å². The molecule has 0 fully saturated rings. The number of anilines is 1. The van der Waals surface area contributed by atoms with Crippen molar-refractivity contribution in [3.05, 3.63) is 58.9 Å². The first-order chi connectivity index (χ1) is 10.1. The van der Waals surface area contributed by atoms with E-state index in [0.717, 1.165) is 5.56 Å². The highest BCUT2D eigenvalue weighted by Crippen LogP contribution is 2.23. The summed E-state index contributed by atoms with van der Waals surface area (Å²) in [6.07, 6.45) is 0.433. The zero-order chi connectivity index (χ0) is 15.2. The van der Waals surface area contributed by atoms with Gasteiger partial charge in [-0.3, -0.25) is 5.32 Å². The summed E-state index contributed by atoms with van der Waals surface area (Å²) in [5.41, 5.74) is 0.555. The number of carbonyl (C=O) groups is 2. The quantitative estimate of drug-likeness (QED) is 0.847. The average molecular weight is 307 g/mol. The van der Waals surface area contributed by atoms with E-state index in [-0.39, 0.29) is 23.0 Å². The largest absolute Gasteiger partial charge is 0.478 e. The van der Waals surface area contributed by atoms with Crippen molar-refractivity contribution in [3.63, 3.8) is 0 Å². The van der Waals surface area contributed by atoms with Gasteiger partial charge in [-0.25, -0.2) is 14.6 Å². The fraction of sp³-hybridized carbons (Fsp3) is 0.0714. The van der Waals surface area contributed by atoms with Crippen molar-refractivity contribution in [1.29, 1.82) is 0 Å². The molecular weight excluding hydrogens is 296 g/mol. The standard InChI is InChI=1S/C14H11ClN2O4/c15-12-11(10(13(18)19)6-7-16-12)17-14(20)21-8-9-4-2-1-3-5-9/h1-7H,8H2,(H,17,20)(H,18,19). The van der Waals surface area contributed by atoms with E-state index in [9.17, 15) is 9.59 Å². The Morgan fingerprint density at radius 3 is 2.62 bits per heavy atom. The van der Waals surface area contributed by atoms with E-state index in [2.05, 4.69) is 10.3 Å². The van der Waals surface area contributed by atoms with E-state index in [1.807, 2.05) is 18.2 Å². The molecule has 0 aliphatic rings. The van der Waals surface area contributed by atoms with E-state index >= 15 is 0 Å². The van der Waals surface area contributed by atoms with E-state index in [4.69, 9.17) is 21.4 Å². The fourth-order valence-corrected chi connectivity index (χ4v) is 1.80. The van der Waals surface area contributed by atoms with Gasteiger partial charge in [0, 0.05) is 6.20 Å². The van der Waals surface area contributed by atoms with Crippen LogP contribution in [0.5, 0.6) is 0 Å². The maximum absolute atomic E-state index is 11.7. The molecule has 0 aliphatic carbocycles. The molecule has 0 aliphatic heterocycles. The molecule has 21 heavy (non-hydrogen) atoms. The molecule has 1 amide bonds. The van der Waals surface area contributed by atoms with Gasteiger partial charge in [0.25, 0.3) is 0 Å². The van der Waals surface area contributed by atoms with Gasteiger partial charge in [-0.1, -0.05) is 41.9 Å². The number of carboxylic acid groups (broad SMARTS) is 1. The zero-order valence-electron chi connectivity index (χ0n) is 10.7. The zero-order valence-corrected chi connectivity index (χ0v) is 11.5. The topological polar surface area (TPSA) is 88.5 Å². The fourth-order valence-electron chi connectivity index (χ4n) is 1.59. The lowest BCUT2D eigenvalue weighted by Gasteiger charge is -2.10. The Hall–Kier alpha value is -2.60. The summed E-state index contributed by atoms with van der Waals surface area (Å²) in [6.45, 7) is 0.0625. The first kappa shape index (κ1) is 14.8. The first-order valence-corrected chi connectivity index (χ1v) is 6.31. The van der Waals surface area contributed by atoms with Crippen molar-refractivity contribution in [1.82, 2.24) is 4.98 Å². The van der Waals surface area contributed by atoms with Crippen LogP contribution in [0.4, 0.5) is 10.5 Å². The molecule has 2 N–H and O–H groups in total. The number of nitrogens with one attached hydrogen (secondary N) is 1. The first-order valence-electron chi connectivity index (χ1n) is 5.93. The van der Waals surface area contributed by atoms with Crippen LogP contribution in [0.25, 0.3) is 0 Å². The van der Waals surface area contributed by atoms with Gasteiger partial charge in [-0.15, -0.1) is 0 Å². The lowest BCUT2D eigenvalue weighted by molar-refractivity contribution is 0.0698. The van der Waals surface area contributed by atoms with E-state index in [1.54, 1.807) is 12.1 Å². The number of hydrogen-bond acceptors (Lipinski definition) is 4. The number of aromatic nitrogens is 1. The molecule has 2 rings (SSSR count). The number of carbonyl (C=O) groups excluding carboxylic acids is 1. The number of pyridine rings is 1. The second-order valence-electron chi connectivity index (χ2n) is 4.02. The highest BCUT2D eigenvalue weighted by atomic mass is 35.5. The number of amides is 1. The Morgan fingerprint density at radius 2 is 1.95 bits per heavy atom. The van der Waals surface area contributed by atoms with Crippen molar-refractivity contribution >= 4 is 29.4 Å². The van der Waals surface area contributed by atoms with Gasteiger partial charge in [-0.2, -0.15) is 0 Å². The minimum Gasteiger partial charge on any atom is -0.478 e. The molecule has 0 bridgehead atoms. The molecule has 108 valence electrons. The van der Waals surface area contributed by atoms with Crippen LogP contribution in [0.2, 0.25) is 5.15 Å². The van der Waals surface area contributed by atoms with Crippen molar-refractivity contribution in [2.24, 2.45) is 0 Å². The molecule has 0 saturated carbocycles. The summed E-state index contributed by atoms with van der Waals surface area (Å²) < 4.78 is 4.99. The third-order valence-corrected chi connectivity index (χ3v) is 2.86. The summed E-state index contributed by atoms with van der Waals surface area (Å²) >= 11 is 5.79. The third-order valence-electron chi connectivity index (χ3n) is 2.57. The second kappa shape index (κ2) is 6.71. The molecule has 1 heterocycles. The summed E-state index contributed by atoms with van der Waals surface area (Å²) in [4.78, 5) is 26.5. The molecule has 0 atom stereocenters. The van der Waals surface area contributed by atoms with Gasteiger partial charge >= 0.3 is 12.1 Å². The maximum atomic E-state index is 11.7. The monoisotopic (exact) mass is 306 g/mol. The highest BCUT2D eigenvalue weighted by Gasteiger charge is 2.17. The normalized spacial score (nSPS) is 9.95. The number of aromatic carboxylic acids is 1. The number of halogens is 1. The minimum absolute atomic E-state index is 0.0625. The Balaban J connectivity index is 2.05. The molecule has 0 radical (unpaired) electrons. The van der Waals surface area contributed by atoms with Crippen LogP contribution in [0, 0.1) is 0 Å². The Kier molecular flexibility index (Phi) is 4.73.